The molecule has 0 aromatic heterocycles. The minimum Gasteiger partial charge on any atom is -0.466 e. The SMILES string of the molecule is C=CCN1N=C(c2cccc(C(F)(F)F)c2F)OCC1=O. The summed E-state index contributed by atoms with van der Waals surface area (Å²) >= 11 is 0. The van der Waals surface area contributed by atoms with Crippen molar-refractivity contribution in [2.75, 3.05) is 13.2 Å². The molecule has 112 valence electrons. The molecular weight excluding hydrogens is 292 g/mol. The summed E-state index contributed by atoms with van der Waals surface area (Å²) < 4.78 is 56.8. The Morgan fingerprint density at radius 2 is 2.14 bits per heavy atom. The van der Waals surface area contributed by atoms with Gasteiger partial charge in [-0.3, -0.25) is 4.79 Å². The van der Waals surface area contributed by atoms with Gasteiger partial charge >= 0.3 is 6.18 Å². The van der Waals surface area contributed by atoms with Gasteiger partial charge in [-0.15, -0.1) is 11.7 Å². The van der Waals surface area contributed by atoms with Gasteiger partial charge in [0, 0.05) is 0 Å². The first kappa shape index (κ1) is 15.0. The molecule has 0 unspecified atom stereocenters. The van der Waals surface area contributed by atoms with E-state index in [2.05, 4.69) is 11.7 Å². The first-order valence-corrected chi connectivity index (χ1v) is 5.83. The molecule has 4 nitrogen and oxygen atoms in total. The minimum absolute atomic E-state index is 0.0479. The first-order valence-electron chi connectivity index (χ1n) is 5.83. The van der Waals surface area contributed by atoms with E-state index < -0.39 is 35.6 Å². The molecule has 8 heteroatoms. The van der Waals surface area contributed by atoms with Crippen LogP contribution in [-0.4, -0.2) is 30.0 Å². The zero-order valence-electron chi connectivity index (χ0n) is 10.7. The molecule has 0 bridgehead atoms. The van der Waals surface area contributed by atoms with Gasteiger partial charge in [0.25, 0.3) is 5.91 Å². The number of amides is 1. The molecule has 0 atom stereocenters. The Morgan fingerprint density at radius 1 is 1.43 bits per heavy atom. The Balaban J connectivity index is 2.45. The van der Waals surface area contributed by atoms with Crippen molar-refractivity contribution in [3.63, 3.8) is 0 Å². The number of carbonyl (C=O) groups excluding carboxylic acids is 1. The number of hydrogen-bond acceptors (Lipinski definition) is 3. The molecule has 2 rings (SSSR count). The van der Waals surface area contributed by atoms with E-state index in [1.165, 1.54) is 6.08 Å². The standard InChI is InChI=1S/C13H10F4N2O2/c1-2-6-19-10(20)7-21-12(18-19)8-4-3-5-9(11(8)14)13(15,16)17/h2-5H,1,6-7H2. The largest absolute Gasteiger partial charge is 0.466 e. The highest BCUT2D eigenvalue weighted by atomic mass is 19.4. The lowest BCUT2D eigenvalue weighted by molar-refractivity contribution is -0.140. The molecule has 0 spiro atoms. The summed E-state index contributed by atoms with van der Waals surface area (Å²) in [7, 11) is 0. The lowest BCUT2D eigenvalue weighted by atomic mass is 10.1. The number of hydrogen-bond donors (Lipinski definition) is 0. The Hall–Kier alpha value is -2.38. The molecule has 1 heterocycles. The van der Waals surface area contributed by atoms with E-state index in [9.17, 15) is 22.4 Å². The van der Waals surface area contributed by atoms with Crippen LogP contribution in [-0.2, 0) is 15.7 Å². The Labute approximate surface area is 117 Å². The smallest absolute Gasteiger partial charge is 0.419 e. The summed E-state index contributed by atoms with van der Waals surface area (Å²) in [4.78, 5) is 11.4. The zero-order valence-corrected chi connectivity index (χ0v) is 10.7. The molecule has 0 saturated carbocycles. The van der Waals surface area contributed by atoms with E-state index in [0.717, 1.165) is 17.1 Å². The number of ether oxygens (including phenoxy) is 1. The van der Waals surface area contributed by atoms with Gasteiger partial charge in [0.1, 0.15) is 5.82 Å². The van der Waals surface area contributed by atoms with Crippen molar-refractivity contribution in [3.05, 3.63) is 47.8 Å². The van der Waals surface area contributed by atoms with Crippen LogP contribution in [0.4, 0.5) is 17.6 Å². The summed E-state index contributed by atoms with van der Waals surface area (Å²) in [5, 5.41) is 4.66. The van der Waals surface area contributed by atoms with Gasteiger partial charge in [0.15, 0.2) is 6.61 Å². The molecule has 1 amide bonds. The highest BCUT2D eigenvalue weighted by Crippen LogP contribution is 2.32. The molecule has 0 aliphatic carbocycles. The van der Waals surface area contributed by atoms with E-state index in [1.807, 2.05) is 0 Å². The lowest BCUT2D eigenvalue weighted by Crippen LogP contribution is -2.37. The molecule has 21 heavy (non-hydrogen) atoms. The van der Waals surface area contributed by atoms with E-state index in [4.69, 9.17) is 4.74 Å². The van der Waals surface area contributed by atoms with Crippen molar-refractivity contribution < 1.29 is 27.1 Å². The van der Waals surface area contributed by atoms with Crippen molar-refractivity contribution >= 4 is 11.8 Å². The normalized spacial score (nSPS) is 15.5. The molecule has 0 fully saturated rings. The van der Waals surface area contributed by atoms with Gasteiger partial charge in [0.2, 0.25) is 5.90 Å². The minimum atomic E-state index is -4.83. The lowest BCUT2D eigenvalue weighted by Gasteiger charge is -2.23. The van der Waals surface area contributed by atoms with Crippen molar-refractivity contribution in [3.8, 4) is 0 Å². The average Bonchev–Trinajstić information content (AvgIpc) is 2.41. The first-order chi connectivity index (χ1) is 9.84. The molecule has 0 radical (unpaired) electrons. The summed E-state index contributed by atoms with van der Waals surface area (Å²) in [5.41, 5.74) is -1.87. The molecule has 1 aromatic carbocycles. The third kappa shape index (κ3) is 3.04. The number of hydrazone groups is 1. The second kappa shape index (κ2) is 5.55. The van der Waals surface area contributed by atoms with E-state index >= 15 is 0 Å². The van der Waals surface area contributed by atoms with Crippen LogP contribution in [0.15, 0.2) is 36.0 Å². The van der Waals surface area contributed by atoms with Gasteiger partial charge in [-0.25, -0.2) is 9.40 Å². The maximum Gasteiger partial charge on any atom is 0.419 e. The number of nitrogens with zero attached hydrogens (tertiary/aromatic N) is 2. The Kier molecular flexibility index (Phi) is 3.97. The zero-order chi connectivity index (χ0) is 15.6. The van der Waals surface area contributed by atoms with Crippen LogP contribution in [0.2, 0.25) is 0 Å². The molecule has 1 aliphatic rings. The number of carbonyl (C=O) groups is 1. The highest BCUT2D eigenvalue weighted by Gasteiger charge is 2.36. The molecular formula is C13H10F4N2O2. The summed E-state index contributed by atoms with van der Waals surface area (Å²) in [6, 6.07) is 2.77. The molecule has 1 aliphatic heterocycles. The van der Waals surface area contributed by atoms with Crippen molar-refractivity contribution in [2.24, 2.45) is 5.10 Å². The van der Waals surface area contributed by atoms with Gasteiger partial charge < -0.3 is 4.74 Å². The van der Waals surface area contributed by atoms with Crippen LogP contribution < -0.4 is 0 Å². The molecule has 0 N–H and O–H groups in total. The number of benzene rings is 1. The van der Waals surface area contributed by atoms with Gasteiger partial charge in [0.05, 0.1) is 17.7 Å². The van der Waals surface area contributed by atoms with Gasteiger partial charge in [-0.2, -0.15) is 13.2 Å². The summed E-state index contributed by atoms with van der Waals surface area (Å²) in [5.74, 6) is -2.36. The summed E-state index contributed by atoms with van der Waals surface area (Å²) in [6.07, 6.45) is -3.45. The fraction of sp³-hybridized carbons (Fsp3) is 0.231. The second-order valence-corrected chi connectivity index (χ2v) is 4.12. The number of halogens is 4. The topological polar surface area (TPSA) is 41.9 Å². The maximum atomic E-state index is 14.0. The van der Waals surface area contributed by atoms with Crippen LogP contribution in [0.5, 0.6) is 0 Å². The fourth-order valence-corrected chi connectivity index (χ4v) is 1.71. The van der Waals surface area contributed by atoms with Crippen molar-refractivity contribution in [2.45, 2.75) is 6.18 Å². The van der Waals surface area contributed by atoms with Crippen molar-refractivity contribution in [1.82, 2.24) is 5.01 Å². The predicted octanol–water partition coefficient (Wildman–Crippen LogP) is 2.55. The number of rotatable bonds is 3. The predicted molar refractivity (Wildman–Crippen MR) is 65.8 cm³/mol. The average molecular weight is 302 g/mol. The van der Waals surface area contributed by atoms with Crippen LogP contribution in [0, 0.1) is 5.82 Å². The third-order valence-electron chi connectivity index (χ3n) is 2.67. The quantitative estimate of drug-likeness (QED) is 0.636. The molecule has 0 saturated heterocycles. The number of alkyl halides is 3. The van der Waals surface area contributed by atoms with Crippen LogP contribution in [0.25, 0.3) is 0 Å². The summed E-state index contributed by atoms with van der Waals surface area (Å²) in [6.45, 7) is 3.04. The fourth-order valence-electron chi connectivity index (χ4n) is 1.71. The third-order valence-corrected chi connectivity index (χ3v) is 2.67. The van der Waals surface area contributed by atoms with E-state index in [0.29, 0.717) is 6.07 Å². The monoisotopic (exact) mass is 302 g/mol. The van der Waals surface area contributed by atoms with E-state index in [-0.39, 0.29) is 12.4 Å². The van der Waals surface area contributed by atoms with Crippen molar-refractivity contribution in [1.29, 1.82) is 0 Å². The maximum absolute atomic E-state index is 14.0. The van der Waals surface area contributed by atoms with Crippen LogP contribution in [0.3, 0.4) is 0 Å². The van der Waals surface area contributed by atoms with Crippen LogP contribution >= 0.6 is 0 Å². The second-order valence-electron chi connectivity index (χ2n) is 4.12. The highest BCUT2D eigenvalue weighted by molar-refractivity contribution is 5.98. The molecule has 1 aromatic rings. The van der Waals surface area contributed by atoms with Gasteiger partial charge in [-0.05, 0) is 12.1 Å². The Morgan fingerprint density at radius 3 is 2.76 bits per heavy atom. The van der Waals surface area contributed by atoms with E-state index in [1.54, 1.807) is 0 Å². The van der Waals surface area contributed by atoms with Gasteiger partial charge in [-0.1, -0.05) is 12.1 Å². The Bertz CT molecular complexity index is 611. The van der Waals surface area contributed by atoms with Crippen LogP contribution in [0.1, 0.15) is 11.1 Å².